The number of nitriles is 1. The number of likely N-dealkylation sites (tertiary alicyclic amines) is 1. The van der Waals surface area contributed by atoms with Crippen molar-refractivity contribution in [3.05, 3.63) is 35.0 Å². The maximum Gasteiger partial charge on any atom is 0.410 e. The summed E-state index contributed by atoms with van der Waals surface area (Å²) in [5, 5.41) is 24.6. The molecule has 2 aromatic rings. The van der Waals surface area contributed by atoms with E-state index in [0.717, 1.165) is 22.2 Å². The van der Waals surface area contributed by atoms with Crippen molar-refractivity contribution in [2.45, 2.75) is 96.7 Å². The van der Waals surface area contributed by atoms with Crippen LogP contribution in [0.2, 0.25) is 0 Å². The molecule has 1 aromatic carbocycles. The lowest BCUT2D eigenvalue weighted by molar-refractivity contribution is -0.0105. The van der Waals surface area contributed by atoms with Crippen LogP contribution in [-0.2, 0) is 22.4 Å². The highest BCUT2D eigenvalue weighted by Gasteiger charge is 2.47. The first kappa shape index (κ1) is 25.8. The first-order valence-corrected chi connectivity index (χ1v) is 12.5. The second-order valence-corrected chi connectivity index (χ2v) is 11.3. The average molecular weight is 497 g/mol. The predicted molar refractivity (Wildman–Crippen MR) is 134 cm³/mol. The molecule has 1 saturated heterocycles. The van der Waals surface area contributed by atoms with Gasteiger partial charge in [-0.1, -0.05) is 0 Å². The van der Waals surface area contributed by atoms with Gasteiger partial charge >= 0.3 is 12.2 Å². The lowest BCUT2D eigenvalue weighted by Gasteiger charge is -2.34. The van der Waals surface area contributed by atoms with Gasteiger partial charge in [0.1, 0.15) is 5.60 Å². The molecule has 1 aliphatic heterocycles. The summed E-state index contributed by atoms with van der Waals surface area (Å²) in [6.07, 6.45) is 0.695. The smallest absolute Gasteiger partial charge is 0.410 e. The third kappa shape index (κ3) is 5.00. The number of hydrogen-bond donors (Lipinski definition) is 2. The van der Waals surface area contributed by atoms with Gasteiger partial charge in [-0.25, -0.2) is 9.59 Å². The Morgan fingerprint density at radius 1 is 1.33 bits per heavy atom. The van der Waals surface area contributed by atoms with E-state index in [2.05, 4.69) is 16.0 Å². The largest absolute Gasteiger partial charge is 0.447 e. The monoisotopic (exact) mass is 496 g/mol. The summed E-state index contributed by atoms with van der Waals surface area (Å²) in [7, 11) is 0. The molecule has 0 unspecified atom stereocenters. The number of alkyl carbamates (subject to hydrolysis) is 1. The molecular weight excluding hydrogens is 460 g/mol. The zero-order chi connectivity index (χ0) is 26.4. The van der Waals surface area contributed by atoms with Gasteiger partial charge in [-0.05, 0) is 79.0 Å². The Bertz CT molecular complexity index is 1220. The molecule has 1 aliphatic carbocycles. The highest BCUT2D eigenvalue weighted by Crippen LogP contribution is 2.41. The van der Waals surface area contributed by atoms with Crippen molar-refractivity contribution >= 4 is 23.1 Å². The number of nitrogens with zero attached hydrogens (tertiary/aromatic N) is 3. The molecule has 0 bridgehead atoms. The minimum Gasteiger partial charge on any atom is -0.447 e. The number of aliphatic hydroxyl groups is 1. The van der Waals surface area contributed by atoms with Crippen LogP contribution in [0.3, 0.4) is 0 Å². The van der Waals surface area contributed by atoms with Crippen LogP contribution in [0.4, 0.5) is 9.59 Å². The number of aromatic nitrogens is 1. The summed E-state index contributed by atoms with van der Waals surface area (Å²) in [5.74, 6) is 0. The standard InChI is InChI=1S/C27H36N4O5/c1-16(2)35-24(32)29-19-8-10-21-23(19)18-13-17(14-28)7-9-20(18)31(21)15-22-27(6,34)11-12-30(22)25(33)36-26(3,4)5/h7,9,13,16,19,22,34H,8,10-12,15H2,1-6H3,(H,29,32)/t19-,22+,27-/m1/s1. The molecule has 4 rings (SSSR count). The van der Waals surface area contributed by atoms with E-state index < -0.39 is 29.4 Å². The SMILES string of the molecule is CC(C)OC(=O)N[C@@H]1CCc2c1c1cc(C#N)ccc1n2C[C@@H]1N(C(=O)OC(C)(C)C)CC[C@@]1(C)O. The fourth-order valence-corrected chi connectivity index (χ4v) is 5.34. The molecule has 2 N–H and O–H groups in total. The number of rotatable bonds is 4. The lowest BCUT2D eigenvalue weighted by Crippen LogP contribution is -2.49. The van der Waals surface area contributed by atoms with Crippen LogP contribution in [-0.4, -0.2) is 56.7 Å². The van der Waals surface area contributed by atoms with Crippen molar-refractivity contribution in [3.8, 4) is 6.07 Å². The first-order chi connectivity index (χ1) is 16.8. The van der Waals surface area contributed by atoms with Crippen LogP contribution in [0, 0.1) is 11.3 Å². The Morgan fingerprint density at radius 3 is 2.69 bits per heavy atom. The molecule has 1 fully saturated rings. The fourth-order valence-electron chi connectivity index (χ4n) is 5.34. The van der Waals surface area contributed by atoms with E-state index in [9.17, 15) is 20.0 Å². The molecule has 194 valence electrons. The van der Waals surface area contributed by atoms with Gasteiger partial charge < -0.3 is 29.4 Å². The maximum atomic E-state index is 13.0. The molecule has 2 heterocycles. The predicted octanol–water partition coefficient (Wildman–Crippen LogP) is 4.40. The fraction of sp³-hybridized carbons (Fsp3) is 0.593. The molecule has 2 amide bonds. The van der Waals surface area contributed by atoms with Crippen LogP contribution in [0.5, 0.6) is 0 Å². The number of nitrogens with one attached hydrogen (secondary N) is 1. The van der Waals surface area contributed by atoms with E-state index in [1.54, 1.807) is 31.7 Å². The molecule has 9 heteroatoms. The van der Waals surface area contributed by atoms with E-state index >= 15 is 0 Å². The summed E-state index contributed by atoms with van der Waals surface area (Å²) in [5.41, 5.74) is 1.68. The van der Waals surface area contributed by atoms with E-state index in [1.165, 1.54) is 0 Å². The molecule has 0 radical (unpaired) electrons. The minimum absolute atomic E-state index is 0.235. The Labute approximate surface area is 212 Å². The molecule has 36 heavy (non-hydrogen) atoms. The molecule has 3 atom stereocenters. The third-order valence-corrected chi connectivity index (χ3v) is 6.93. The number of ether oxygens (including phenoxy) is 2. The van der Waals surface area contributed by atoms with Crippen molar-refractivity contribution < 1.29 is 24.2 Å². The van der Waals surface area contributed by atoms with Gasteiger partial charge in [-0.3, -0.25) is 0 Å². The number of amides is 2. The Balaban J connectivity index is 1.74. The highest BCUT2D eigenvalue weighted by molar-refractivity contribution is 5.88. The maximum absolute atomic E-state index is 13.0. The number of carbonyl (C=O) groups excluding carboxylic acids is 2. The van der Waals surface area contributed by atoms with Crippen molar-refractivity contribution in [2.24, 2.45) is 0 Å². The minimum atomic E-state index is -1.09. The summed E-state index contributed by atoms with van der Waals surface area (Å²) in [4.78, 5) is 27.0. The number of carbonyl (C=O) groups is 2. The number of benzene rings is 1. The number of hydrogen-bond acceptors (Lipinski definition) is 6. The van der Waals surface area contributed by atoms with Gasteiger partial charge in [0.25, 0.3) is 0 Å². The number of fused-ring (bicyclic) bond motifs is 3. The summed E-state index contributed by atoms with van der Waals surface area (Å²) in [6.45, 7) is 11.6. The van der Waals surface area contributed by atoms with Crippen LogP contribution < -0.4 is 5.32 Å². The van der Waals surface area contributed by atoms with Crippen LogP contribution in [0.1, 0.15) is 77.2 Å². The van der Waals surface area contributed by atoms with E-state index in [0.29, 0.717) is 37.9 Å². The van der Waals surface area contributed by atoms with Crippen molar-refractivity contribution in [1.29, 1.82) is 5.26 Å². The first-order valence-electron chi connectivity index (χ1n) is 12.5. The Hall–Kier alpha value is -3.25. The summed E-state index contributed by atoms with van der Waals surface area (Å²) >= 11 is 0. The highest BCUT2D eigenvalue weighted by atomic mass is 16.6. The van der Waals surface area contributed by atoms with Gasteiger partial charge in [-0.2, -0.15) is 5.26 Å². The second kappa shape index (κ2) is 9.32. The van der Waals surface area contributed by atoms with Crippen LogP contribution in [0.25, 0.3) is 10.9 Å². The van der Waals surface area contributed by atoms with E-state index in [4.69, 9.17) is 9.47 Å². The van der Waals surface area contributed by atoms with Crippen molar-refractivity contribution in [3.63, 3.8) is 0 Å². The molecular formula is C27H36N4O5. The molecule has 0 saturated carbocycles. The second-order valence-electron chi connectivity index (χ2n) is 11.3. The van der Waals surface area contributed by atoms with Crippen LogP contribution >= 0.6 is 0 Å². The van der Waals surface area contributed by atoms with Gasteiger partial charge in [0.2, 0.25) is 0 Å². The molecule has 2 aliphatic rings. The lowest BCUT2D eigenvalue weighted by atomic mass is 9.97. The van der Waals surface area contributed by atoms with Gasteiger partial charge in [0.15, 0.2) is 0 Å². The zero-order valence-corrected chi connectivity index (χ0v) is 21.9. The zero-order valence-electron chi connectivity index (χ0n) is 21.9. The van der Waals surface area contributed by atoms with Gasteiger partial charge in [-0.15, -0.1) is 0 Å². The summed E-state index contributed by atoms with van der Waals surface area (Å²) < 4.78 is 13.1. The molecule has 0 spiro atoms. The van der Waals surface area contributed by atoms with E-state index in [-0.39, 0.29) is 12.1 Å². The topological polar surface area (TPSA) is 117 Å². The van der Waals surface area contributed by atoms with E-state index in [1.807, 2.05) is 32.9 Å². The third-order valence-electron chi connectivity index (χ3n) is 6.93. The van der Waals surface area contributed by atoms with Gasteiger partial charge in [0, 0.05) is 35.2 Å². The normalized spacial score (nSPS) is 23.6. The Kier molecular flexibility index (Phi) is 6.69. The average Bonchev–Trinajstić information content (AvgIpc) is 3.39. The quantitative estimate of drug-likeness (QED) is 0.648. The molecule has 1 aromatic heterocycles. The van der Waals surface area contributed by atoms with Crippen molar-refractivity contribution in [1.82, 2.24) is 14.8 Å². The van der Waals surface area contributed by atoms with Crippen molar-refractivity contribution in [2.75, 3.05) is 6.54 Å². The molecule has 9 nitrogen and oxygen atoms in total. The summed E-state index contributed by atoms with van der Waals surface area (Å²) in [6, 6.07) is 6.96. The Morgan fingerprint density at radius 2 is 2.06 bits per heavy atom. The van der Waals surface area contributed by atoms with Crippen LogP contribution in [0.15, 0.2) is 18.2 Å². The van der Waals surface area contributed by atoms with Gasteiger partial charge in [0.05, 0.1) is 35.4 Å².